The van der Waals surface area contributed by atoms with E-state index in [2.05, 4.69) is 19.4 Å². The van der Waals surface area contributed by atoms with Crippen LogP contribution in [-0.4, -0.2) is 25.7 Å². The Kier molecular flexibility index (Phi) is 5.22. The van der Waals surface area contributed by atoms with Gasteiger partial charge in [0, 0.05) is 22.3 Å². The van der Waals surface area contributed by atoms with Gasteiger partial charge in [-0.1, -0.05) is 16.8 Å². The molecule has 1 heterocycles. The van der Waals surface area contributed by atoms with Gasteiger partial charge in [0.2, 0.25) is 5.82 Å². The number of halogens is 4. The smallest absolute Gasteiger partial charge is 0.471 e. The molecule has 0 aliphatic carbocycles. The summed E-state index contributed by atoms with van der Waals surface area (Å²) in [7, 11) is -2.69. The molecule has 0 spiro atoms. The predicted octanol–water partition coefficient (Wildman–Crippen LogP) is 4.22. The fourth-order valence-electron chi connectivity index (χ4n) is 2.22. The highest BCUT2D eigenvalue weighted by Gasteiger charge is 2.38. The van der Waals surface area contributed by atoms with Crippen molar-refractivity contribution in [3.05, 3.63) is 53.4 Å². The first-order valence-electron chi connectivity index (χ1n) is 7.48. The number of hydrogen-bond acceptors (Lipinski definition) is 6. The number of methoxy groups -OCH3 is 1. The lowest BCUT2D eigenvalue weighted by Gasteiger charge is -2.12. The van der Waals surface area contributed by atoms with Crippen molar-refractivity contribution in [2.75, 3.05) is 11.8 Å². The molecule has 0 unspecified atom stereocenters. The second kappa shape index (κ2) is 7.32. The molecular weight excluding hydrogens is 423 g/mol. The molecule has 148 valence electrons. The van der Waals surface area contributed by atoms with Gasteiger partial charge in [-0.05, 0) is 36.4 Å². The van der Waals surface area contributed by atoms with Crippen LogP contribution in [0.25, 0.3) is 11.4 Å². The third kappa shape index (κ3) is 4.20. The predicted molar refractivity (Wildman–Crippen MR) is 93.5 cm³/mol. The zero-order chi connectivity index (χ0) is 20.5. The zero-order valence-corrected chi connectivity index (χ0v) is 15.6. The van der Waals surface area contributed by atoms with Gasteiger partial charge in [-0.3, -0.25) is 4.72 Å². The first-order valence-corrected chi connectivity index (χ1v) is 9.34. The molecule has 0 radical (unpaired) electrons. The van der Waals surface area contributed by atoms with Gasteiger partial charge in [-0.2, -0.15) is 18.2 Å². The van der Waals surface area contributed by atoms with E-state index < -0.39 is 22.1 Å². The number of nitrogens with one attached hydrogen (secondary N) is 1. The largest absolute Gasteiger partial charge is 0.495 e. The van der Waals surface area contributed by atoms with E-state index in [1.807, 2.05) is 0 Å². The van der Waals surface area contributed by atoms with Gasteiger partial charge < -0.3 is 9.26 Å². The molecule has 3 aromatic rings. The number of benzene rings is 2. The average molecular weight is 434 g/mol. The molecule has 2 aromatic carbocycles. The summed E-state index contributed by atoms with van der Waals surface area (Å²) in [4.78, 5) is 3.14. The Hall–Kier alpha value is -2.79. The van der Waals surface area contributed by atoms with Crippen molar-refractivity contribution in [3.63, 3.8) is 0 Å². The monoisotopic (exact) mass is 433 g/mol. The third-order valence-electron chi connectivity index (χ3n) is 3.48. The molecule has 0 aliphatic heterocycles. The highest BCUT2D eigenvalue weighted by Crippen LogP contribution is 2.31. The van der Waals surface area contributed by atoms with Crippen LogP contribution in [0.3, 0.4) is 0 Å². The van der Waals surface area contributed by atoms with Gasteiger partial charge in [0.1, 0.15) is 10.6 Å². The quantitative estimate of drug-likeness (QED) is 0.647. The van der Waals surface area contributed by atoms with E-state index in [-0.39, 0.29) is 27.7 Å². The molecule has 3 rings (SSSR count). The molecule has 28 heavy (non-hydrogen) atoms. The van der Waals surface area contributed by atoms with E-state index in [9.17, 15) is 21.6 Å². The molecule has 1 aromatic heterocycles. The normalized spacial score (nSPS) is 12.0. The molecule has 0 bridgehead atoms. The Morgan fingerprint density at radius 3 is 2.39 bits per heavy atom. The van der Waals surface area contributed by atoms with Crippen molar-refractivity contribution in [3.8, 4) is 17.1 Å². The molecule has 7 nitrogen and oxygen atoms in total. The molecule has 0 aliphatic rings. The molecule has 0 saturated carbocycles. The van der Waals surface area contributed by atoms with Crippen LogP contribution < -0.4 is 9.46 Å². The Labute approximate surface area is 162 Å². The van der Waals surface area contributed by atoms with Crippen LogP contribution in [0.15, 0.2) is 51.9 Å². The summed E-state index contributed by atoms with van der Waals surface area (Å²) >= 11 is 5.83. The molecule has 0 fully saturated rings. The van der Waals surface area contributed by atoms with Crippen LogP contribution in [0.2, 0.25) is 5.02 Å². The summed E-state index contributed by atoms with van der Waals surface area (Å²) in [6, 6.07) is 9.43. The SMILES string of the molecule is COc1cc(Cl)ccc1S(=O)(=O)Nc1ccc(-c2noc(C(F)(F)F)n2)cc1. The summed E-state index contributed by atoms with van der Waals surface area (Å²) in [6.07, 6.45) is -4.75. The van der Waals surface area contributed by atoms with Crippen molar-refractivity contribution in [2.45, 2.75) is 11.1 Å². The van der Waals surface area contributed by atoms with Crippen LogP contribution in [0.4, 0.5) is 18.9 Å². The Balaban J connectivity index is 1.83. The van der Waals surface area contributed by atoms with Crippen LogP contribution >= 0.6 is 11.6 Å². The molecule has 0 atom stereocenters. The minimum absolute atomic E-state index is 0.0584. The number of anilines is 1. The second-order valence-corrected chi connectivity index (χ2v) is 7.49. The highest BCUT2D eigenvalue weighted by molar-refractivity contribution is 7.92. The number of alkyl halides is 3. The van der Waals surface area contributed by atoms with Crippen LogP contribution in [0, 0.1) is 0 Å². The number of sulfonamides is 1. The first kappa shape index (κ1) is 20.0. The van der Waals surface area contributed by atoms with Crippen molar-refractivity contribution in [1.29, 1.82) is 0 Å². The van der Waals surface area contributed by atoms with Crippen molar-refractivity contribution in [2.24, 2.45) is 0 Å². The van der Waals surface area contributed by atoms with Gasteiger partial charge in [0.05, 0.1) is 7.11 Å². The fraction of sp³-hybridized carbons (Fsp3) is 0.125. The van der Waals surface area contributed by atoms with Crippen molar-refractivity contribution >= 4 is 27.3 Å². The van der Waals surface area contributed by atoms with Crippen LogP contribution in [0.5, 0.6) is 5.75 Å². The zero-order valence-electron chi connectivity index (χ0n) is 14.0. The van der Waals surface area contributed by atoms with Gasteiger partial charge in [-0.15, -0.1) is 0 Å². The number of ether oxygens (including phenoxy) is 1. The number of nitrogens with zero attached hydrogens (tertiary/aromatic N) is 2. The average Bonchev–Trinajstić information content (AvgIpc) is 3.12. The van der Waals surface area contributed by atoms with Crippen molar-refractivity contribution in [1.82, 2.24) is 10.1 Å². The van der Waals surface area contributed by atoms with E-state index in [1.54, 1.807) is 0 Å². The van der Waals surface area contributed by atoms with E-state index >= 15 is 0 Å². The second-order valence-electron chi connectivity index (χ2n) is 5.40. The maximum absolute atomic E-state index is 12.6. The van der Waals surface area contributed by atoms with E-state index in [0.29, 0.717) is 5.02 Å². The lowest BCUT2D eigenvalue weighted by Crippen LogP contribution is -2.14. The number of hydrogen-bond donors (Lipinski definition) is 1. The Bertz CT molecular complexity index is 1100. The number of aromatic nitrogens is 2. The summed E-state index contributed by atoms with van der Waals surface area (Å²) in [5.41, 5.74) is 0.381. The molecular formula is C16H11ClF3N3O4S. The minimum atomic E-state index is -4.75. The van der Waals surface area contributed by atoms with Crippen molar-refractivity contribution < 1.29 is 30.8 Å². The van der Waals surface area contributed by atoms with Gasteiger partial charge >= 0.3 is 12.1 Å². The molecule has 1 N–H and O–H groups in total. The molecule has 0 saturated heterocycles. The van der Waals surface area contributed by atoms with Gasteiger partial charge in [-0.25, -0.2) is 8.42 Å². The van der Waals surface area contributed by atoms with E-state index in [4.69, 9.17) is 16.3 Å². The topological polar surface area (TPSA) is 94.3 Å². The maximum atomic E-state index is 12.6. The summed E-state index contributed by atoms with van der Waals surface area (Å²) < 4.78 is 74.2. The highest BCUT2D eigenvalue weighted by atomic mass is 35.5. The maximum Gasteiger partial charge on any atom is 0.471 e. The number of rotatable bonds is 5. The fourth-order valence-corrected chi connectivity index (χ4v) is 3.59. The third-order valence-corrected chi connectivity index (χ3v) is 5.13. The minimum Gasteiger partial charge on any atom is -0.495 e. The van der Waals surface area contributed by atoms with Crippen LogP contribution in [-0.2, 0) is 16.2 Å². The standard InChI is InChI=1S/C16H11ClF3N3O4S/c1-26-12-8-10(17)4-7-13(12)28(24,25)23-11-5-2-9(3-6-11)14-21-15(27-22-14)16(18,19)20/h2-8,23H,1H3. The summed E-state index contributed by atoms with van der Waals surface area (Å²) in [5.74, 6) is -1.69. The Morgan fingerprint density at radius 2 is 1.82 bits per heavy atom. The van der Waals surface area contributed by atoms with Gasteiger partial charge in [0.15, 0.2) is 0 Å². The van der Waals surface area contributed by atoms with E-state index in [1.165, 1.54) is 49.6 Å². The summed E-state index contributed by atoms with van der Waals surface area (Å²) in [6.45, 7) is 0. The molecule has 12 heteroatoms. The van der Waals surface area contributed by atoms with E-state index in [0.717, 1.165) is 0 Å². The Morgan fingerprint density at radius 1 is 1.14 bits per heavy atom. The van der Waals surface area contributed by atoms with Gasteiger partial charge in [0.25, 0.3) is 10.0 Å². The summed E-state index contributed by atoms with van der Waals surface area (Å²) in [5, 5.41) is 3.57. The first-order chi connectivity index (χ1) is 13.1. The lowest BCUT2D eigenvalue weighted by molar-refractivity contribution is -0.159. The molecule has 0 amide bonds. The lowest BCUT2D eigenvalue weighted by atomic mass is 10.2. The van der Waals surface area contributed by atoms with Crippen LogP contribution in [0.1, 0.15) is 5.89 Å².